The molecule has 0 saturated carbocycles. The van der Waals surface area contributed by atoms with Gasteiger partial charge in [0.1, 0.15) is 11.9 Å². The number of carbonyl (C=O) groups excluding carboxylic acids is 1. The van der Waals surface area contributed by atoms with Gasteiger partial charge in [-0.05, 0) is 26.0 Å². The van der Waals surface area contributed by atoms with Crippen LogP contribution in [0.2, 0.25) is 0 Å². The lowest BCUT2D eigenvalue weighted by molar-refractivity contribution is -0.144. The third-order valence-corrected chi connectivity index (χ3v) is 1.98. The number of halogens is 2. The first-order valence-corrected chi connectivity index (χ1v) is 5.30. The molecule has 0 amide bonds. The molecular weight excluding hydrogens is 230 g/mol. The summed E-state index contributed by atoms with van der Waals surface area (Å²) in [5.74, 6) is -1.96. The molecule has 0 fully saturated rings. The Morgan fingerprint density at radius 2 is 2.12 bits per heavy atom. The Morgan fingerprint density at radius 1 is 1.41 bits per heavy atom. The number of benzene rings is 1. The Morgan fingerprint density at radius 3 is 2.71 bits per heavy atom. The van der Waals surface area contributed by atoms with E-state index in [-0.39, 0.29) is 18.8 Å². The molecule has 3 nitrogen and oxygen atoms in total. The minimum atomic E-state index is -0.791. The van der Waals surface area contributed by atoms with E-state index in [1.54, 1.807) is 13.8 Å². The molecule has 17 heavy (non-hydrogen) atoms. The molecular formula is C12H14F2O3. The Labute approximate surface area is 98.3 Å². The molecule has 1 aromatic carbocycles. The average molecular weight is 244 g/mol. The third kappa shape index (κ3) is 4.38. The van der Waals surface area contributed by atoms with Crippen LogP contribution in [0.3, 0.4) is 0 Å². The molecule has 5 heteroatoms. The lowest BCUT2D eigenvalue weighted by atomic mass is 10.2. The van der Waals surface area contributed by atoms with E-state index in [4.69, 9.17) is 9.47 Å². The van der Waals surface area contributed by atoms with Crippen molar-refractivity contribution < 1.29 is 23.0 Å². The quantitative estimate of drug-likeness (QED) is 0.747. The molecule has 1 atom stereocenters. The molecule has 1 aromatic rings. The van der Waals surface area contributed by atoms with Crippen LogP contribution in [-0.2, 0) is 9.53 Å². The van der Waals surface area contributed by atoms with E-state index in [1.807, 2.05) is 0 Å². The van der Waals surface area contributed by atoms with Crippen LogP contribution >= 0.6 is 0 Å². The highest BCUT2D eigenvalue weighted by Crippen LogP contribution is 2.19. The van der Waals surface area contributed by atoms with Gasteiger partial charge in [0.15, 0.2) is 11.6 Å². The van der Waals surface area contributed by atoms with Crippen molar-refractivity contribution in [3.05, 3.63) is 29.8 Å². The van der Waals surface area contributed by atoms with E-state index in [2.05, 4.69) is 0 Å². The number of rotatable bonds is 5. The standard InChI is InChI=1S/C12H14F2O3/c1-3-16-12(15)6-8(2)17-11-5-4-9(13)7-10(11)14/h4-5,7-8H,3,6H2,1-2H3. The predicted molar refractivity (Wildman–Crippen MR) is 57.7 cm³/mol. The van der Waals surface area contributed by atoms with Gasteiger partial charge in [-0.2, -0.15) is 0 Å². The molecule has 0 aliphatic heterocycles. The molecule has 0 spiro atoms. The van der Waals surface area contributed by atoms with Gasteiger partial charge in [0.05, 0.1) is 13.0 Å². The predicted octanol–water partition coefficient (Wildman–Crippen LogP) is 2.69. The molecule has 0 aliphatic rings. The summed E-state index contributed by atoms with van der Waals surface area (Å²) in [5, 5.41) is 0. The second kappa shape index (κ2) is 6.18. The Hall–Kier alpha value is -1.65. The van der Waals surface area contributed by atoms with E-state index in [0.717, 1.165) is 12.1 Å². The first-order chi connectivity index (χ1) is 8.02. The summed E-state index contributed by atoms with van der Waals surface area (Å²) in [6.07, 6.45) is -0.515. The van der Waals surface area contributed by atoms with Gasteiger partial charge in [0.25, 0.3) is 0 Å². The van der Waals surface area contributed by atoms with Crippen LogP contribution in [0.5, 0.6) is 5.75 Å². The van der Waals surface area contributed by atoms with Crippen molar-refractivity contribution in [1.82, 2.24) is 0 Å². The van der Waals surface area contributed by atoms with Crippen molar-refractivity contribution in [3.63, 3.8) is 0 Å². The summed E-state index contributed by atoms with van der Waals surface area (Å²) in [4.78, 5) is 11.1. The topological polar surface area (TPSA) is 35.5 Å². The van der Waals surface area contributed by atoms with Gasteiger partial charge in [-0.25, -0.2) is 8.78 Å². The first kappa shape index (κ1) is 13.4. The average Bonchev–Trinajstić information content (AvgIpc) is 2.22. The zero-order chi connectivity index (χ0) is 12.8. The molecule has 0 aromatic heterocycles. The number of hydrogen-bond acceptors (Lipinski definition) is 3. The highest BCUT2D eigenvalue weighted by atomic mass is 19.1. The minimum Gasteiger partial charge on any atom is -0.487 e. The van der Waals surface area contributed by atoms with Crippen molar-refractivity contribution in [3.8, 4) is 5.75 Å². The lowest BCUT2D eigenvalue weighted by Crippen LogP contribution is -2.19. The van der Waals surface area contributed by atoms with E-state index in [9.17, 15) is 13.6 Å². The molecule has 0 saturated heterocycles. The number of hydrogen-bond donors (Lipinski definition) is 0. The second-order valence-electron chi connectivity index (χ2n) is 3.51. The zero-order valence-corrected chi connectivity index (χ0v) is 9.70. The second-order valence-corrected chi connectivity index (χ2v) is 3.51. The summed E-state index contributed by atoms with van der Waals surface area (Å²) in [6, 6.07) is 3.01. The van der Waals surface area contributed by atoms with Gasteiger partial charge in [-0.15, -0.1) is 0 Å². The van der Waals surface area contributed by atoms with Gasteiger partial charge in [-0.3, -0.25) is 4.79 Å². The highest BCUT2D eigenvalue weighted by Gasteiger charge is 2.13. The molecule has 0 aliphatic carbocycles. The summed E-state index contributed by atoms with van der Waals surface area (Å²) >= 11 is 0. The summed E-state index contributed by atoms with van der Waals surface area (Å²) in [7, 11) is 0. The van der Waals surface area contributed by atoms with Crippen LogP contribution in [0.25, 0.3) is 0 Å². The van der Waals surface area contributed by atoms with Crippen LogP contribution in [0.15, 0.2) is 18.2 Å². The Bertz CT molecular complexity index is 393. The van der Waals surface area contributed by atoms with Crippen LogP contribution in [0, 0.1) is 11.6 Å². The maximum Gasteiger partial charge on any atom is 0.309 e. The maximum atomic E-state index is 13.2. The molecule has 0 bridgehead atoms. The van der Waals surface area contributed by atoms with Crippen LogP contribution in [-0.4, -0.2) is 18.7 Å². The summed E-state index contributed by atoms with van der Waals surface area (Å²) < 4.78 is 35.7. The number of esters is 1. The molecule has 0 radical (unpaired) electrons. The largest absolute Gasteiger partial charge is 0.487 e. The molecule has 0 heterocycles. The van der Waals surface area contributed by atoms with Crippen molar-refractivity contribution in [1.29, 1.82) is 0 Å². The van der Waals surface area contributed by atoms with Crippen molar-refractivity contribution >= 4 is 5.97 Å². The highest BCUT2D eigenvalue weighted by molar-refractivity contribution is 5.69. The molecule has 1 unspecified atom stereocenters. The minimum absolute atomic E-state index is 0.0185. The fourth-order valence-corrected chi connectivity index (χ4v) is 1.28. The molecule has 0 N–H and O–H groups in total. The first-order valence-electron chi connectivity index (χ1n) is 5.30. The third-order valence-electron chi connectivity index (χ3n) is 1.98. The zero-order valence-electron chi connectivity index (χ0n) is 9.70. The Balaban J connectivity index is 2.55. The maximum absolute atomic E-state index is 13.2. The fourth-order valence-electron chi connectivity index (χ4n) is 1.28. The SMILES string of the molecule is CCOC(=O)CC(C)Oc1ccc(F)cc1F. The van der Waals surface area contributed by atoms with Crippen LogP contribution in [0.1, 0.15) is 20.3 Å². The smallest absolute Gasteiger partial charge is 0.309 e. The summed E-state index contributed by atoms with van der Waals surface area (Å²) in [5.41, 5.74) is 0. The van der Waals surface area contributed by atoms with E-state index in [1.165, 1.54) is 6.07 Å². The van der Waals surface area contributed by atoms with Crippen LogP contribution in [0.4, 0.5) is 8.78 Å². The van der Waals surface area contributed by atoms with Crippen molar-refractivity contribution in [2.24, 2.45) is 0 Å². The van der Waals surface area contributed by atoms with E-state index in [0.29, 0.717) is 0 Å². The Kier molecular flexibility index (Phi) is 4.87. The monoisotopic (exact) mass is 244 g/mol. The van der Waals surface area contributed by atoms with E-state index < -0.39 is 23.7 Å². The lowest BCUT2D eigenvalue weighted by Gasteiger charge is -2.14. The fraction of sp³-hybridized carbons (Fsp3) is 0.417. The van der Waals surface area contributed by atoms with Gasteiger partial charge in [-0.1, -0.05) is 0 Å². The number of carbonyl (C=O) groups is 1. The number of ether oxygens (including phenoxy) is 2. The van der Waals surface area contributed by atoms with Crippen molar-refractivity contribution in [2.45, 2.75) is 26.4 Å². The van der Waals surface area contributed by atoms with Crippen molar-refractivity contribution in [2.75, 3.05) is 6.61 Å². The molecule has 1 rings (SSSR count). The normalized spacial score (nSPS) is 12.0. The van der Waals surface area contributed by atoms with Gasteiger partial charge >= 0.3 is 5.97 Å². The van der Waals surface area contributed by atoms with Gasteiger partial charge < -0.3 is 9.47 Å². The van der Waals surface area contributed by atoms with E-state index >= 15 is 0 Å². The van der Waals surface area contributed by atoms with Gasteiger partial charge in [0.2, 0.25) is 0 Å². The van der Waals surface area contributed by atoms with Crippen LogP contribution < -0.4 is 4.74 Å². The molecule has 94 valence electrons. The van der Waals surface area contributed by atoms with Gasteiger partial charge in [0, 0.05) is 6.07 Å². The summed E-state index contributed by atoms with van der Waals surface area (Å²) in [6.45, 7) is 3.60.